The highest BCUT2D eigenvalue weighted by Crippen LogP contribution is 2.33. The first-order valence-electron chi connectivity index (χ1n) is 9.23. The Bertz CT molecular complexity index is 1330. The third kappa shape index (κ3) is 3.00. The van der Waals surface area contributed by atoms with Crippen LogP contribution >= 0.6 is 0 Å². The number of aromatic hydroxyl groups is 1. The smallest absolute Gasteiger partial charge is 0.134 e. The van der Waals surface area contributed by atoms with E-state index in [-0.39, 0.29) is 5.75 Å². The monoisotopic (exact) mass is 382 g/mol. The second kappa shape index (κ2) is 6.83. The van der Waals surface area contributed by atoms with Gasteiger partial charge in [-0.15, -0.1) is 0 Å². The molecule has 0 aliphatic heterocycles. The SMILES string of the molecule is C/C=C(/c1ccoc1)c1c[nH]c(-c2n[nH]c3ccc(-c4cncc(O)c4)cc23)c1. The third-order valence-corrected chi connectivity index (χ3v) is 4.99. The Hall–Kier alpha value is -4.06. The van der Waals surface area contributed by atoms with Gasteiger partial charge in [-0.1, -0.05) is 12.1 Å². The van der Waals surface area contributed by atoms with Gasteiger partial charge in [0.2, 0.25) is 0 Å². The lowest BCUT2D eigenvalue weighted by atomic mass is 10.0. The summed E-state index contributed by atoms with van der Waals surface area (Å²) in [5.41, 5.74) is 7.69. The van der Waals surface area contributed by atoms with Gasteiger partial charge in [-0.2, -0.15) is 5.10 Å². The molecule has 4 aromatic heterocycles. The average Bonchev–Trinajstić information content (AvgIpc) is 3.49. The molecule has 29 heavy (non-hydrogen) atoms. The highest BCUT2D eigenvalue weighted by atomic mass is 16.3. The summed E-state index contributed by atoms with van der Waals surface area (Å²) in [6, 6.07) is 11.7. The van der Waals surface area contributed by atoms with E-state index in [9.17, 15) is 5.11 Å². The van der Waals surface area contributed by atoms with Gasteiger partial charge in [0.05, 0.1) is 29.9 Å². The molecular weight excluding hydrogens is 364 g/mol. The molecule has 6 heteroatoms. The van der Waals surface area contributed by atoms with Crippen molar-refractivity contribution in [3.8, 4) is 28.3 Å². The quantitative estimate of drug-likeness (QED) is 0.390. The summed E-state index contributed by atoms with van der Waals surface area (Å²) in [7, 11) is 0. The van der Waals surface area contributed by atoms with E-state index in [4.69, 9.17) is 4.42 Å². The molecule has 1 aromatic carbocycles. The van der Waals surface area contributed by atoms with Crippen LogP contribution in [0, 0.1) is 0 Å². The summed E-state index contributed by atoms with van der Waals surface area (Å²) < 4.78 is 5.23. The van der Waals surface area contributed by atoms with Crippen molar-refractivity contribution in [2.45, 2.75) is 6.92 Å². The number of benzene rings is 1. The van der Waals surface area contributed by atoms with Crippen LogP contribution in [0.5, 0.6) is 5.75 Å². The molecule has 0 aliphatic rings. The van der Waals surface area contributed by atoms with Gasteiger partial charge in [0.1, 0.15) is 11.4 Å². The van der Waals surface area contributed by atoms with Crippen LogP contribution in [0.2, 0.25) is 0 Å². The third-order valence-electron chi connectivity index (χ3n) is 4.99. The van der Waals surface area contributed by atoms with Crippen LogP contribution in [-0.2, 0) is 0 Å². The second-order valence-corrected chi connectivity index (χ2v) is 6.78. The molecule has 0 saturated heterocycles. The van der Waals surface area contributed by atoms with Gasteiger partial charge in [0.15, 0.2) is 0 Å². The highest BCUT2D eigenvalue weighted by molar-refractivity contribution is 5.95. The maximum atomic E-state index is 9.74. The number of furan rings is 1. The van der Waals surface area contributed by atoms with Crippen molar-refractivity contribution in [1.29, 1.82) is 0 Å². The Labute approximate surface area is 166 Å². The first-order valence-corrected chi connectivity index (χ1v) is 9.23. The molecule has 0 bridgehead atoms. The van der Waals surface area contributed by atoms with E-state index in [1.165, 1.54) is 6.20 Å². The van der Waals surface area contributed by atoms with Crippen molar-refractivity contribution in [3.63, 3.8) is 0 Å². The zero-order chi connectivity index (χ0) is 19.8. The largest absolute Gasteiger partial charge is 0.506 e. The molecule has 0 atom stereocenters. The number of nitrogens with zero attached hydrogens (tertiary/aromatic N) is 2. The number of hydrogen-bond acceptors (Lipinski definition) is 4. The van der Waals surface area contributed by atoms with Gasteiger partial charge in [-0.3, -0.25) is 10.1 Å². The Balaban J connectivity index is 1.58. The highest BCUT2D eigenvalue weighted by Gasteiger charge is 2.14. The minimum Gasteiger partial charge on any atom is -0.506 e. The Morgan fingerprint density at radius 1 is 1.07 bits per heavy atom. The predicted octanol–water partition coefficient (Wildman–Crippen LogP) is 5.37. The average molecular weight is 382 g/mol. The van der Waals surface area contributed by atoms with Crippen LogP contribution in [-0.4, -0.2) is 25.3 Å². The van der Waals surface area contributed by atoms with E-state index >= 15 is 0 Å². The number of allylic oxidation sites excluding steroid dienone is 1. The summed E-state index contributed by atoms with van der Waals surface area (Å²) in [5, 5.41) is 18.3. The zero-order valence-electron chi connectivity index (χ0n) is 15.7. The topological polar surface area (TPSA) is 90.7 Å². The molecule has 0 saturated carbocycles. The number of fused-ring (bicyclic) bond motifs is 1. The van der Waals surface area contributed by atoms with Crippen LogP contribution in [0.15, 0.2) is 78.0 Å². The lowest BCUT2D eigenvalue weighted by Crippen LogP contribution is -1.82. The number of rotatable bonds is 4. The van der Waals surface area contributed by atoms with Crippen molar-refractivity contribution in [1.82, 2.24) is 20.2 Å². The summed E-state index contributed by atoms with van der Waals surface area (Å²) >= 11 is 0. The maximum Gasteiger partial charge on any atom is 0.134 e. The lowest BCUT2D eigenvalue weighted by Gasteiger charge is -2.03. The number of hydrogen-bond donors (Lipinski definition) is 3. The molecule has 0 fully saturated rings. The van der Waals surface area contributed by atoms with E-state index in [0.29, 0.717) is 0 Å². The van der Waals surface area contributed by atoms with E-state index in [1.54, 1.807) is 24.8 Å². The standard InChI is InChI=1S/C23H18N4O2/c1-2-19(15-5-6-29-13-15)17-9-22(25-11-17)23-20-8-14(3-4-21(20)26-27-23)16-7-18(28)12-24-10-16/h2-13,25,28H,1H3,(H,26,27)/b19-2-. The summed E-state index contributed by atoms with van der Waals surface area (Å²) in [6.45, 7) is 2.01. The molecule has 142 valence electrons. The number of H-pyrrole nitrogens is 2. The molecule has 5 rings (SSSR count). The van der Waals surface area contributed by atoms with Crippen LogP contribution in [0.3, 0.4) is 0 Å². The lowest BCUT2D eigenvalue weighted by molar-refractivity contribution is 0.473. The molecule has 0 unspecified atom stereocenters. The van der Waals surface area contributed by atoms with Gasteiger partial charge < -0.3 is 14.5 Å². The molecule has 4 heterocycles. The van der Waals surface area contributed by atoms with Gasteiger partial charge in [-0.05, 0) is 48.4 Å². The van der Waals surface area contributed by atoms with Gasteiger partial charge >= 0.3 is 0 Å². The normalized spacial score (nSPS) is 12.0. The fraction of sp³-hybridized carbons (Fsp3) is 0.0435. The van der Waals surface area contributed by atoms with Crippen LogP contribution < -0.4 is 0 Å². The first-order chi connectivity index (χ1) is 14.2. The van der Waals surface area contributed by atoms with Crippen molar-refractivity contribution in [3.05, 3.63) is 84.7 Å². The van der Waals surface area contributed by atoms with Crippen LogP contribution in [0.4, 0.5) is 0 Å². The van der Waals surface area contributed by atoms with E-state index < -0.39 is 0 Å². The van der Waals surface area contributed by atoms with Crippen molar-refractivity contribution >= 4 is 16.5 Å². The molecule has 0 spiro atoms. The number of aromatic amines is 2. The van der Waals surface area contributed by atoms with Crippen molar-refractivity contribution < 1.29 is 9.52 Å². The van der Waals surface area contributed by atoms with Crippen molar-refractivity contribution in [2.75, 3.05) is 0 Å². The first kappa shape index (κ1) is 17.1. The summed E-state index contributed by atoms with van der Waals surface area (Å²) in [6.07, 6.45) is 10.6. The molecule has 0 amide bonds. The van der Waals surface area contributed by atoms with Crippen LogP contribution in [0.1, 0.15) is 18.1 Å². The van der Waals surface area contributed by atoms with E-state index in [1.807, 2.05) is 31.3 Å². The van der Waals surface area contributed by atoms with Crippen LogP contribution in [0.25, 0.3) is 39.0 Å². The van der Waals surface area contributed by atoms with Gasteiger partial charge in [0.25, 0.3) is 0 Å². The Morgan fingerprint density at radius 3 is 2.79 bits per heavy atom. The van der Waals surface area contributed by atoms with Crippen molar-refractivity contribution in [2.24, 2.45) is 0 Å². The minimum absolute atomic E-state index is 0.141. The molecule has 0 aliphatic carbocycles. The Kier molecular flexibility index (Phi) is 4.02. The molecular formula is C23H18N4O2. The van der Waals surface area contributed by atoms with Gasteiger partial charge in [0, 0.05) is 34.5 Å². The molecule has 5 aromatic rings. The number of pyridine rings is 1. The summed E-state index contributed by atoms with van der Waals surface area (Å²) in [4.78, 5) is 7.41. The number of aromatic nitrogens is 4. The number of nitrogens with one attached hydrogen (secondary N) is 2. The fourth-order valence-electron chi connectivity index (χ4n) is 3.59. The maximum absolute atomic E-state index is 9.74. The molecule has 0 radical (unpaired) electrons. The van der Waals surface area contributed by atoms with Gasteiger partial charge in [-0.25, -0.2) is 0 Å². The summed E-state index contributed by atoms with van der Waals surface area (Å²) in [5.74, 6) is 0.141. The minimum atomic E-state index is 0.141. The predicted molar refractivity (Wildman–Crippen MR) is 112 cm³/mol. The molecule has 3 N–H and O–H groups in total. The Morgan fingerprint density at radius 2 is 2.00 bits per heavy atom. The van der Waals surface area contributed by atoms with E-state index in [2.05, 4.69) is 38.4 Å². The fourth-order valence-corrected chi connectivity index (χ4v) is 3.59. The zero-order valence-corrected chi connectivity index (χ0v) is 15.7. The van der Waals surface area contributed by atoms with E-state index in [0.717, 1.165) is 50.1 Å². The second-order valence-electron chi connectivity index (χ2n) is 6.78. The molecule has 6 nitrogen and oxygen atoms in total.